The summed E-state index contributed by atoms with van der Waals surface area (Å²) in [5.74, 6) is -0.503. The van der Waals surface area contributed by atoms with Crippen LogP contribution in [0.5, 0.6) is 0 Å². The molecule has 0 amide bonds. The lowest BCUT2D eigenvalue weighted by Gasteiger charge is -2.25. The molecule has 4 nitrogen and oxygen atoms in total. The average molecular weight is 308 g/mol. The van der Waals surface area contributed by atoms with Crippen molar-refractivity contribution in [1.82, 2.24) is 0 Å². The Balaban J connectivity index is 1.60. The number of esters is 1. The highest BCUT2D eigenvalue weighted by Gasteiger charge is 2.34. The molecule has 1 fully saturated rings. The Hall–Kier alpha value is -1.36. The monoisotopic (exact) mass is 308 g/mol. The van der Waals surface area contributed by atoms with Gasteiger partial charge < -0.3 is 4.74 Å². The largest absolute Gasteiger partial charge is 0.465 e. The van der Waals surface area contributed by atoms with Gasteiger partial charge in [0.25, 0.3) is 0 Å². The first-order valence-electron chi connectivity index (χ1n) is 7.50. The fraction of sp³-hybridized carbons (Fsp3) is 0.562. The van der Waals surface area contributed by atoms with E-state index >= 15 is 0 Å². The van der Waals surface area contributed by atoms with Gasteiger partial charge in [0, 0.05) is 5.92 Å². The molecule has 3 rings (SSSR count). The van der Waals surface area contributed by atoms with E-state index in [1.807, 2.05) is 12.1 Å². The van der Waals surface area contributed by atoms with Crippen molar-refractivity contribution in [3.05, 3.63) is 35.4 Å². The molecule has 21 heavy (non-hydrogen) atoms. The molecular formula is C16H20O4S. The fourth-order valence-corrected chi connectivity index (χ4v) is 5.04. The Kier molecular flexibility index (Phi) is 4.02. The van der Waals surface area contributed by atoms with Crippen LogP contribution in [0.3, 0.4) is 0 Å². The van der Waals surface area contributed by atoms with Crippen LogP contribution in [0.25, 0.3) is 0 Å². The van der Waals surface area contributed by atoms with Gasteiger partial charge in [0.2, 0.25) is 0 Å². The first-order valence-corrected chi connectivity index (χ1v) is 9.32. The second-order valence-electron chi connectivity index (χ2n) is 6.02. The maximum atomic E-state index is 12.0. The van der Waals surface area contributed by atoms with Crippen LogP contribution in [0.2, 0.25) is 0 Å². The molecule has 5 heteroatoms. The lowest BCUT2D eigenvalue weighted by atomic mass is 9.83. The first kappa shape index (κ1) is 14.6. The van der Waals surface area contributed by atoms with Crippen molar-refractivity contribution in [2.45, 2.75) is 31.6 Å². The minimum Gasteiger partial charge on any atom is -0.465 e. The maximum absolute atomic E-state index is 12.0. The molecule has 0 aromatic heterocycles. The van der Waals surface area contributed by atoms with Crippen LogP contribution >= 0.6 is 0 Å². The number of carbonyl (C=O) groups excluding carboxylic acids is 1. The summed E-state index contributed by atoms with van der Waals surface area (Å²) in [6.07, 6.45) is 3.62. The number of rotatable bonds is 3. The molecule has 0 N–H and O–H groups in total. The summed E-state index contributed by atoms with van der Waals surface area (Å²) in [6, 6.07) is 8.29. The van der Waals surface area contributed by atoms with Crippen molar-refractivity contribution in [3.8, 4) is 0 Å². The predicted octanol–water partition coefficient (Wildman–Crippen LogP) is 2.08. The molecule has 1 aromatic carbocycles. The average Bonchev–Trinajstić information content (AvgIpc) is 2.85. The zero-order valence-corrected chi connectivity index (χ0v) is 12.8. The SMILES string of the molecule is O=C(OC[C@H]1CCCc2ccccc21)[C@@H]1CCS(=O)(=O)C1. The van der Waals surface area contributed by atoms with Crippen LogP contribution < -0.4 is 0 Å². The summed E-state index contributed by atoms with van der Waals surface area (Å²) in [6.45, 7) is 0.367. The summed E-state index contributed by atoms with van der Waals surface area (Å²) in [7, 11) is -3.03. The Morgan fingerprint density at radius 3 is 2.81 bits per heavy atom. The summed E-state index contributed by atoms with van der Waals surface area (Å²) in [5.41, 5.74) is 2.61. The predicted molar refractivity (Wildman–Crippen MR) is 79.8 cm³/mol. The van der Waals surface area contributed by atoms with E-state index in [1.54, 1.807) is 0 Å². The normalized spacial score (nSPS) is 27.0. The highest BCUT2D eigenvalue weighted by molar-refractivity contribution is 7.91. The Morgan fingerprint density at radius 2 is 2.05 bits per heavy atom. The van der Waals surface area contributed by atoms with E-state index in [0.717, 1.165) is 19.3 Å². The molecule has 0 unspecified atom stereocenters. The van der Waals surface area contributed by atoms with Crippen molar-refractivity contribution in [3.63, 3.8) is 0 Å². The number of hydrogen-bond donors (Lipinski definition) is 0. The number of ether oxygens (including phenoxy) is 1. The van der Waals surface area contributed by atoms with Gasteiger partial charge in [0.1, 0.15) is 0 Å². The van der Waals surface area contributed by atoms with E-state index in [4.69, 9.17) is 4.74 Å². The van der Waals surface area contributed by atoms with Crippen LogP contribution in [0.4, 0.5) is 0 Å². The number of aryl methyl sites for hydroxylation is 1. The smallest absolute Gasteiger partial charge is 0.310 e. The van der Waals surface area contributed by atoms with Gasteiger partial charge in [-0.3, -0.25) is 4.79 Å². The van der Waals surface area contributed by atoms with Gasteiger partial charge in [-0.25, -0.2) is 8.42 Å². The van der Waals surface area contributed by atoms with E-state index in [2.05, 4.69) is 12.1 Å². The van der Waals surface area contributed by atoms with Crippen LogP contribution in [-0.4, -0.2) is 32.5 Å². The van der Waals surface area contributed by atoms with Crippen molar-refractivity contribution >= 4 is 15.8 Å². The summed E-state index contributed by atoms with van der Waals surface area (Å²) in [5, 5.41) is 0. The van der Waals surface area contributed by atoms with Gasteiger partial charge in [-0.15, -0.1) is 0 Å². The zero-order valence-electron chi connectivity index (χ0n) is 12.0. The highest BCUT2D eigenvalue weighted by Crippen LogP contribution is 2.32. The van der Waals surface area contributed by atoms with Crippen molar-refractivity contribution in [2.75, 3.05) is 18.1 Å². The van der Waals surface area contributed by atoms with Crippen LogP contribution in [-0.2, 0) is 25.8 Å². The van der Waals surface area contributed by atoms with E-state index in [9.17, 15) is 13.2 Å². The molecule has 114 valence electrons. The Bertz CT molecular complexity index is 635. The molecule has 2 aliphatic rings. The number of hydrogen-bond acceptors (Lipinski definition) is 4. The molecule has 0 radical (unpaired) electrons. The van der Waals surface area contributed by atoms with Gasteiger partial charge in [0.15, 0.2) is 9.84 Å². The van der Waals surface area contributed by atoms with E-state index < -0.39 is 15.8 Å². The molecule has 2 atom stereocenters. The zero-order chi connectivity index (χ0) is 14.9. The summed E-state index contributed by atoms with van der Waals surface area (Å²) < 4.78 is 28.2. The van der Waals surface area contributed by atoms with Gasteiger partial charge in [-0.1, -0.05) is 24.3 Å². The fourth-order valence-electron chi connectivity index (χ4n) is 3.31. The molecule has 1 heterocycles. The van der Waals surface area contributed by atoms with Gasteiger partial charge in [-0.2, -0.15) is 0 Å². The molecule has 0 bridgehead atoms. The third kappa shape index (κ3) is 3.28. The lowest BCUT2D eigenvalue weighted by molar-refractivity contribution is -0.148. The van der Waals surface area contributed by atoms with Crippen molar-refractivity contribution < 1.29 is 17.9 Å². The number of benzene rings is 1. The van der Waals surface area contributed by atoms with Crippen LogP contribution in [0.1, 0.15) is 36.3 Å². The minimum absolute atomic E-state index is 0.0485. The number of fused-ring (bicyclic) bond motifs is 1. The van der Waals surface area contributed by atoms with E-state index in [1.165, 1.54) is 11.1 Å². The Morgan fingerprint density at radius 1 is 1.24 bits per heavy atom. The van der Waals surface area contributed by atoms with E-state index in [0.29, 0.717) is 13.0 Å². The molecule has 1 aliphatic carbocycles. The molecule has 1 saturated heterocycles. The second kappa shape index (κ2) is 5.79. The maximum Gasteiger partial charge on any atom is 0.310 e. The second-order valence-corrected chi connectivity index (χ2v) is 8.25. The number of sulfone groups is 1. The van der Waals surface area contributed by atoms with Crippen molar-refractivity contribution in [1.29, 1.82) is 0 Å². The molecule has 0 spiro atoms. The topological polar surface area (TPSA) is 60.4 Å². The van der Waals surface area contributed by atoms with Crippen molar-refractivity contribution in [2.24, 2.45) is 5.92 Å². The lowest BCUT2D eigenvalue weighted by Crippen LogP contribution is -2.23. The third-order valence-corrected chi connectivity index (χ3v) is 6.25. The highest BCUT2D eigenvalue weighted by atomic mass is 32.2. The molecule has 1 aromatic rings. The van der Waals surface area contributed by atoms with Crippen LogP contribution in [0.15, 0.2) is 24.3 Å². The van der Waals surface area contributed by atoms with Crippen LogP contribution in [0, 0.1) is 5.92 Å². The summed E-state index contributed by atoms with van der Waals surface area (Å²) >= 11 is 0. The summed E-state index contributed by atoms with van der Waals surface area (Å²) in [4.78, 5) is 12.0. The number of carbonyl (C=O) groups is 1. The quantitative estimate of drug-likeness (QED) is 0.802. The Labute approximate surface area is 125 Å². The minimum atomic E-state index is -3.03. The van der Waals surface area contributed by atoms with Gasteiger partial charge in [0.05, 0.1) is 24.0 Å². The first-order chi connectivity index (χ1) is 10.1. The van der Waals surface area contributed by atoms with Gasteiger partial charge in [-0.05, 0) is 36.8 Å². The third-order valence-electron chi connectivity index (χ3n) is 4.49. The van der Waals surface area contributed by atoms with Gasteiger partial charge >= 0.3 is 5.97 Å². The molecular weight excluding hydrogens is 288 g/mol. The molecule has 0 saturated carbocycles. The van der Waals surface area contributed by atoms with E-state index in [-0.39, 0.29) is 23.4 Å². The standard InChI is InChI=1S/C16H20O4S/c17-16(14-8-9-21(18,19)11-14)20-10-13-6-3-5-12-4-1-2-7-15(12)13/h1-2,4,7,13-14H,3,5-6,8-11H2/t13-,14-/m1/s1. The molecule has 1 aliphatic heterocycles.